The van der Waals surface area contributed by atoms with Crippen molar-refractivity contribution in [2.45, 2.75) is 0 Å². The van der Waals surface area contributed by atoms with E-state index < -0.39 is 5.82 Å². The Morgan fingerprint density at radius 1 is 1.00 bits per heavy atom. The van der Waals surface area contributed by atoms with Gasteiger partial charge in [-0.25, -0.2) is 13.9 Å². The normalized spacial score (nSPS) is 10.6. The highest BCUT2D eigenvalue weighted by Gasteiger charge is 2.22. The number of hydrogen-bond acceptors (Lipinski definition) is 7. The van der Waals surface area contributed by atoms with Crippen LogP contribution in [0.3, 0.4) is 0 Å². The summed E-state index contributed by atoms with van der Waals surface area (Å²) in [6.07, 6.45) is 1.54. The van der Waals surface area contributed by atoms with Gasteiger partial charge in [0.1, 0.15) is 17.3 Å². The maximum atomic E-state index is 14.3. The zero-order valence-electron chi connectivity index (χ0n) is 17.8. The van der Waals surface area contributed by atoms with Gasteiger partial charge in [0.05, 0.1) is 28.4 Å². The van der Waals surface area contributed by atoms with Crippen LogP contribution in [-0.2, 0) is 0 Å². The van der Waals surface area contributed by atoms with Gasteiger partial charge in [-0.15, -0.1) is 0 Å². The summed E-state index contributed by atoms with van der Waals surface area (Å²) in [5.41, 5.74) is 2.35. The van der Waals surface area contributed by atoms with Crippen LogP contribution in [0.15, 0.2) is 36.5 Å². The summed E-state index contributed by atoms with van der Waals surface area (Å²) in [7, 11) is 5.96. The first-order valence-corrected chi connectivity index (χ1v) is 9.45. The first-order valence-electron chi connectivity index (χ1n) is 9.45. The highest BCUT2D eigenvalue weighted by atomic mass is 19.1. The van der Waals surface area contributed by atoms with Gasteiger partial charge in [0.25, 0.3) is 0 Å². The van der Waals surface area contributed by atoms with Crippen LogP contribution in [0.25, 0.3) is 16.9 Å². The first kappa shape index (κ1) is 20.9. The van der Waals surface area contributed by atoms with Gasteiger partial charge in [-0.1, -0.05) is 0 Å². The Hall–Kier alpha value is -4.39. The summed E-state index contributed by atoms with van der Waals surface area (Å²) in [6.45, 7) is 0. The number of fused-ring (bicyclic) bond motifs is 1. The standard InChI is InChI=1S/C22H20FN5O4/c1-29-16-6-5-14(9-15(16)23)26-22-19(27-21-13(10-24)11-25-28(21)22)12-7-17(30-2)20(32-4)18(8-12)31-3/h5-9,11,25-26H,1-4H3. The van der Waals surface area contributed by atoms with Gasteiger partial charge in [-0.3, -0.25) is 5.10 Å². The van der Waals surface area contributed by atoms with Crippen molar-refractivity contribution < 1.29 is 23.3 Å². The van der Waals surface area contributed by atoms with Crippen LogP contribution in [0.2, 0.25) is 0 Å². The van der Waals surface area contributed by atoms with Gasteiger partial charge in [0, 0.05) is 23.5 Å². The second-order valence-corrected chi connectivity index (χ2v) is 6.66. The highest BCUT2D eigenvalue weighted by Crippen LogP contribution is 2.43. The van der Waals surface area contributed by atoms with E-state index in [1.54, 1.807) is 28.9 Å². The summed E-state index contributed by atoms with van der Waals surface area (Å²) in [6, 6.07) is 10.1. The maximum Gasteiger partial charge on any atom is 0.203 e. The van der Waals surface area contributed by atoms with Crippen LogP contribution in [-0.4, -0.2) is 43.0 Å². The van der Waals surface area contributed by atoms with E-state index in [0.29, 0.717) is 51.2 Å². The van der Waals surface area contributed by atoms with Crippen LogP contribution < -0.4 is 24.3 Å². The van der Waals surface area contributed by atoms with Crippen molar-refractivity contribution in [2.24, 2.45) is 0 Å². The number of rotatable bonds is 7. The predicted octanol–water partition coefficient (Wildman–Crippen LogP) is 4.12. The fraction of sp³-hybridized carbons (Fsp3) is 0.182. The Balaban J connectivity index is 1.91. The van der Waals surface area contributed by atoms with Crippen molar-refractivity contribution in [1.82, 2.24) is 14.6 Å². The summed E-state index contributed by atoms with van der Waals surface area (Å²) >= 11 is 0. The van der Waals surface area contributed by atoms with Crippen molar-refractivity contribution in [3.05, 3.63) is 47.9 Å². The van der Waals surface area contributed by atoms with Gasteiger partial charge < -0.3 is 24.3 Å². The van der Waals surface area contributed by atoms with Gasteiger partial charge in [-0.05, 0) is 24.3 Å². The number of nitrogens with zero attached hydrogens (tertiary/aromatic N) is 3. The third-order valence-electron chi connectivity index (χ3n) is 4.93. The van der Waals surface area contributed by atoms with E-state index >= 15 is 0 Å². The Morgan fingerprint density at radius 3 is 2.25 bits per heavy atom. The monoisotopic (exact) mass is 437 g/mol. The molecular formula is C22H20FN5O4. The first-order chi connectivity index (χ1) is 15.5. The molecular weight excluding hydrogens is 417 g/mol. The summed E-state index contributed by atoms with van der Waals surface area (Å²) in [5.74, 6) is 1.43. The van der Waals surface area contributed by atoms with Gasteiger partial charge in [0.2, 0.25) is 5.75 Å². The molecule has 0 unspecified atom stereocenters. The Morgan fingerprint density at radius 2 is 1.69 bits per heavy atom. The molecule has 2 aromatic heterocycles. The Bertz CT molecular complexity index is 1310. The van der Waals surface area contributed by atoms with E-state index in [0.717, 1.165) is 0 Å². The molecule has 9 nitrogen and oxygen atoms in total. The van der Waals surface area contributed by atoms with Crippen LogP contribution >= 0.6 is 0 Å². The third-order valence-corrected chi connectivity index (χ3v) is 4.93. The maximum absolute atomic E-state index is 14.3. The van der Waals surface area contributed by atoms with Crippen LogP contribution in [0.4, 0.5) is 15.9 Å². The fourth-order valence-corrected chi connectivity index (χ4v) is 3.42. The number of methoxy groups -OCH3 is 4. The largest absolute Gasteiger partial charge is 0.494 e. The molecule has 0 amide bonds. The van der Waals surface area contributed by atoms with E-state index in [1.165, 1.54) is 40.6 Å². The second kappa shape index (κ2) is 8.39. The SMILES string of the molecule is COc1ccc(Nc2c(-c3cc(OC)c(OC)c(OC)c3)nc3c(C#N)c[nH]n23)cc1F. The zero-order chi connectivity index (χ0) is 22.8. The van der Waals surface area contributed by atoms with Crippen molar-refractivity contribution >= 4 is 17.2 Å². The molecule has 32 heavy (non-hydrogen) atoms. The summed E-state index contributed by atoms with van der Waals surface area (Å²) < 4.78 is 37.2. The number of anilines is 2. The minimum Gasteiger partial charge on any atom is -0.494 e. The van der Waals surface area contributed by atoms with Crippen LogP contribution in [0.1, 0.15) is 5.56 Å². The number of ether oxygens (including phenoxy) is 4. The molecule has 0 radical (unpaired) electrons. The van der Waals surface area contributed by atoms with E-state index in [2.05, 4.69) is 21.5 Å². The lowest BCUT2D eigenvalue weighted by atomic mass is 10.1. The zero-order valence-corrected chi connectivity index (χ0v) is 17.8. The number of aromatic amines is 1. The lowest BCUT2D eigenvalue weighted by Gasteiger charge is -2.14. The minimum atomic E-state index is -0.517. The molecule has 0 fully saturated rings. The summed E-state index contributed by atoms with van der Waals surface area (Å²) in [5, 5.41) is 15.6. The van der Waals surface area contributed by atoms with Crippen molar-refractivity contribution in [3.8, 4) is 40.3 Å². The van der Waals surface area contributed by atoms with Gasteiger partial charge in [-0.2, -0.15) is 5.26 Å². The molecule has 2 aromatic carbocycles. The Labute approximate surface area is 182 Å². The molecule has 10 heteroatoms. The van der Waals surface area contributed by atoms with E-state index in [1.807, 2.05) is 0 Å². The molecule has 0 bridgehead atoms. The van der Waals surface area contributed by atoms with E-state index in [4.69, 9.17) is 18.9 Å². The second-order valence-electron chi connectivity index (χ2n) is 6.66. The number of hydrogen-bond donors (Lipinski definition) is 2. The molecule has 164 valence electrons. The number of halogens is 1. The highest BCUT2D eigenvalue weighted by molar-refractivity contribution is 5.83. The number of aromatic nitrogens is 3. The molecule has 0 aliphatic heterocycles. The quantitative estimate of drug-likeness (QED) is 0.448. The number of imidazole rings is 1. The molecule has 0 aliphatic rings. The van der Waals surface area contributed by atoms with E-state index in [-0.39, 0.29) is 5.75 Å². The molecule has 0 spiro atoms. The molecule has 2 N–H and O–H groups in total. The third kappa shape index (κ3) is 3.39. The van der Waals surface area contributed by atoms with Crippen molar-refractivity contribution in [1.29, 1.82) is 5.26 Å². The topological polar surface area (TPSA) is 106 Å². The molecule has 0 saturated heterocycles. The average Bonchev–Trinajstić information content (AvgIpc) is 3.37. The summed E-state index contributed by atoms with van der Waals surface area (Å²) in [4.78, 5) is 4.65. The molecule has 4 aromatic rings. The number of benzene rings is 2. The average molecular weight is 437 g/mol. The van der Waals surface area contributed by atoms with Gasteiger partial charge in [0.15, 0.2) is 34.5 Å². The van der Waals surface area contributed by atoms with Crippen LogP contribution in [0.5, 0.6) is 23.0 Å². The molecule has 0 saturated carbocycles. The van der Waals surface area contributed by atoms with Crippen molar-refractivity contribution in [3.63, 3.8) is 0 Å². The molecule has 0 aliphatic carbocycles. The lowest BCUT2D eigenvalue weighted by Crippen LogP contribution is -2.00. The number of H-pyrrole nitrogens is 1. The Kier molecular flexibility index (Phi) is 5.47. The smallest absolute Gasteiger partial charge is 0.203 e. The molecule has 2 heterocycles. The van der Waals surface area contributed by atoms with Gasteiger partial charge >= 0.3 is 0 Å². The minimum absolute atomic E-state index is 0.130. The fourth-order valence-electron chi connectivity index (χ4n) is 3.42. The number of nitriles is 1. The van der Waals surface area contributed by atoms with Crippen molar-refractivity contribution in [2.75, 3.05) is 33.8 Å². The van der Waals surface area contributed by atoms with E-state index in [9.17, 15) is 9.65 Å². The van der Waals surface area contributed by atoms with Crippen LogP contribution in [0, 0.1) is 17.1 Å². The number of nitrogens with one attached hydrogen (secondary N) is 2. The predicted molar refractivity (Wildman–Crippen MR) is 116 cm³/mol. The molecule has 4 rings (SSSR count). The lowest BCUT2D eigenvalue weighted by molar-refractivity contribution is 0.324. The molecule has 0 atom stereocenters.